The van der Waals surface area contributed by atoms with Crippen LogP contribution in [0.4, 0.5) is 0 Å². The summed E-state index contributed by atoms with van der Waals surface area (Å²) in [6, 6.07) is -3.49. The van der Waals surface area contributed by atoms with Gasteiger partial charge in [-0.1, -0.05) is 0 Å². The summed E-state index contributed by atoms with van der Waals surface area (Å²) in [7, 11) is 0. The summed E-state index contributed by atoms with van der Waals surface area (Å²) in [5.74, 6) is -3.84. The third kappa shape index (κ3) is 4.94. The number of aliphatic carboxylic acids is 1. The molecule has 0 aliphatic heterocycles. The van der Waals surface area contributed by atoms with E-state index in [2.05, 4.69) is 0 Å². The molecule has 3 amide bonds. The molecule has 7 N–H and O–H groups in total. The summed E-state index contributed by atoms with van der Waals surface area (Å²) >= 11 is 0. The highest BCUT2D eigenvalue weighted by molar-refractivity contribution is 6.03. The van der Waals surface area contributed by atoms with Crippen LogP contribution in [0.15, 0.2) is 0 Å². The number of nitrogens with zero attached hydrogens (tertiary/aromatic N) is 1. The zero-order valence-corrected chi connectivity index (χ0v) is 11.4. The Balaban J connectivity index is 5.41. The molecule has 0 unspecified atom stereocenters. The summed E-state index contributed by atoms with van der Waals surface area (Å²) in [6.45, 7) is 2.66. The van der Waals surface area contributed by atoms with Crippen LogP contribution in [0.1, 0.15) is 26.7 Å². The maximum atomic E-state index is 11.9. The standard InChI is InChI=1S/C11H20N4O5/c1-5(12)10(19)15(11(20)6(2)13)7(9(14)18)3-4-8(16)17/h5-7H,3-4,12-13H2,1-2H3,(H2,14,18)(H,16,17)/t5-,6-,7-/m0/s1. The van der Waals surface area contributed by atoms with Gasteiger partial charge < -0.3 is 22.3 Å². The van der Waals surface area contributed by atoms with Crippen molar-refractivity contribution in [1.82, 2.24) is 4.90 Å². The smallest absolute Gasteiger partial charge is 0.303 e. The van der Waals surface area contributed by atoms with E-state index in [9.17, 15) is 19.2 Å². The van der Waals surface area contributed by atoms with Crippen molar-refractivity contribution in [1.29, 1.82) is 0 Å². The van der Waals surface area contributed by atoms with Crippen molar-refractivity contribution in [2.24, 2.45) is 17.2 Å². The number of nitrogens with two attached hydrogens (primary N) is 3. The Hall–Kier alpha value is -2.00. The molecule has 0 radical (unpaired) electrons. The van der Waals surface area contributed by atoms with Crippen LogP contribution in [0.5, 0.6) is 0 Å². The van der Waals surface area contributed by atoms with Gasteiger partial charge in [0, 0.05) is 6.42 Å². The van der Waals surface area contributed by atoms with Gasteiger partial charge in [-0.3, -0.25) is 24.1 Å². The third-order valence-corrected chi connectivity index (χ3v) is 2.53. The molecule has 20 heavy (non-hydrogen) atoms. The number of imide groups is 1. The SMILES string of the molecule is C[C@H](N)C(=O)N(C(=O)[C@H](C)N)[C@@H](CCC(=O)O)C(N)=O. The molecule has 9 nitrogen and oxygen atoms in total. The maximum Gasteiger partial charge on any atom is 0.303 e. The van der Waals surface area contributed by atoms with Gasteiger partial charge >= 0.3 is 5.97 Å². The Labute approximate surface area is 116 Å². The average Bonchev–Trinajstić information content (AvgIpc) is 2.31. The molecule has 0 aromatic heterocycles. The highest BCUT2D eigenvalue weighted by Crippen LogP contribution is 2.11. The summed E-state index contributed by atoms with van der Waals surface area (Å²) in [6.07, 6.45) is -0.718. The van der Waals surface area contributed by atoms with Crippen LogP contribution < -0.4 is 17.2 Å². The Morgan fingerprint density at radius 1 is 1.05 bits per heavy atom. The molecule has 0 fully saturated rings. The zero-order chi connectivity index (χ0) is 16.0. The van der Waals surface area contributed by atoms with Crippen LogP contribution in [0.25, 0.3) is 0 Å². The van der Waals surface area contributed by atoms with Gasteiger partial charge in [0.15, 0.2) is 0 Å². The highest BCUT2D eigenvalue weighted by Gasteiger charge is 2.36. The molecule has 0 aromatic rings. The minimum absolute atomic E-state index is 0.290. The number of carboxylic acids is 1. The van der Waals surface area contributed by atoms with Gasteiger partial charge in [-0.15, -0.1) is 0 Å². The fraction of sp³-hybridized carbons (Fsp3) is 0.636. The van der Waals surface area contributed by atoms with Crippen molar-refractivity contribution < 1.29 is 24.3 Å². The van der Waals surface area contributed by atoms with E-state index in [4.69, 9.17) is 22.3 Å². The average molecular weight is 288 g/mol. The van der Waals surface area contributed by atoms with Crippen LogP contribution in [0, 0.1) is 0 Å². The first-order valence-electron chi connectivity index (χ1n) is 5.98. The van der Waals surface area contributed by atoms with E-state index in [1.807, 2.05) is 0 Å². The molecule has 3 atom stereocenters. The molecule has 0 aliphatic carbocycles. The van der Waals surface area contributed by atoms with Gasteiger partial charge in [0.1, 0.15) is 6.04 Å². The van der Waals surface area contributed by atoms with Gasteiger partial charge in [0.25, 0.3) is 0 Å². The Kier molecular flexibility index (Phi) is 6.80. The Morgan fingerprint density at radius 3 is 1.70 bits per heavy atom. The molecule has 0 bridgehead atoms. The summed E-state index contributed by atoms with van der Waals surface area (Å²) in [4.78, 5) is 46.4. The van der Waals surface area contributed by atoms with E-state index in [1.165, 1.54) is 13.8 Å². The van der Waals surface area contributed by atoms with Crippen LogP contribution in [-0.4, -0.2) is 51.8 Å². The van der Waals surface area contributed by atoms with Gasteiger partial charge in [-0.25, -0.2) is 0 Å². The van der Waals surface area contributed by atoms with Crippen molar-refractivity contribution in [3.05, 3.63) is 0 Å². The molecule has 9 heteroatoms. The second-order valence-corrected chi connectivity index (χ2v) is 4.47. The molecule has 114 valence electrons. The third-order valence-electron chi connectivity index (χ3n) is 2.53. The summed E-state index contributed by atoms with van der Waals surface area (Å²) < 4.78 is 0. The summed E-state index contributed by atoms with van der Waals surface area (Å²) in [5.41, 5.74) is 16.0. The van der Waals surface area contributed by atoms with Crippen LogP contribution in [0.2, 0.25) is 0 Å². The normalized spacial score (nSPS) is 15.0. The lowest BCUT2D eigenvalue weighted by atomic mass is 10.1. The van der Waals surface area contributed by atoms with E-state index >= 15 is 0 Å². The number of rotatable bonds is 7. The Bertz CT molecular complexity index is 388. The molecular formula is C11H20N4O5. The van der Waals surface area contributed by atoms with Crippen molar-refractivity contribution >= 4 is 23.7 Å². The second kappa shape index (κ2) is 7.56. The quantitative estimate of drug-likeness (QED) is 0.410. The minimum atomic E-state index is -1.39. The topological polar surface area (TPSA) is 170 Å². The summed E-state index contributed by atoms with van der Waals surface area (Å²) in [5, 5.41) is 8.63. The molecular weight excluding hydrogens is 268 g/mol. The van der Waals surface area contributed by atoms with Crippen LogP contribution in [-0.2, 0) is 19.2 Å². The van der Waals surface area contributed by atoms with Crippen molar-refractivity contribution in [2.75, 3.05) is 0 Å². The van der Waals surface area contributed by atoms with E-state index < -0.39 is 48.2 Å². The molecule has 0 heterocycles. The fourth-order valence-electron chi connectivity index (χ4n) is 1.51. The first kappa shape index (κ1) is 18.0. The lowest BCUT2D eigenvalue weighted by Crippen LogP contribution is -2.58. The van der Waals surface area contributed by atoms with Gasteiger partial charge in [0.2, 0.25) is 17.7 Å². The molecule has 0 aromatic carbocycles. The number of carbonyl (C=O) groups excluding carboxylic acids is 3. The fourth-order valence-corrected chi connectivity index (χ4v) is 1.51. The molecule has 0 aliphatic rings. The zero-order valence-electron chi connectivity index (χ0n) is 11.4. The number of hydrogen-bond donors (Lipinski definition) is 4. The number of carbonyl (C=O) groups is 4. The molecule has 0 saturated heterocycles. The van der Waals surface area contributed by atoms with Crippen LogP contribution in [0.3, 0.4) is 0 Å². The molecule has 0 saturated carbocycles. The number of carboxylic acid groups (broad SMARTS) is 1. The minimum Gasteiger partial charge on any atom is -0.481 e. The molecule has 0 spiro atoms. The number of amides is 3. The lowest BCUT2D eigenvalue weighted by molar-refractivity contribution is -0.153. The van der Waals surface area contributed by atoms with Crippen LogP contribution >= 0.6 is 0 Å². The van der Waals surface area contributed by atoms with Gasteiger partial charge in [-0.2, -0.15) is 0 Å². The van der Waals surface area contributed by atoms with E-state index in [-0.39, 0.29) is 6.42 Å². The molecule has 0 rings (SSSR count). The maximum absolute atomic E-state index is 11.9. The predicted molar refractivity (Wildman–Crippen MR) is 69.0 cm³/mol. The highest BCUT2D eigenvalue weighted by atomic mass is 16.4. The van der Waals surface area contributed by atoms with Crippen molar-refractivity contribution in [3.63, 3.8) is 0 Å². The van der Waals surface area contributed by atoms with Crippen molar-refractivity contribution in [2.45, 2.75) is 44.8 Å². The van der Waals surface area contributed by atoms with E-state index in [0.717, 1.165) is 0 Å². The largest absolute Gasteiger partial charge is 0.481 e. The monoisotopic (exact) mass is 288 g/mol. The predicted octanol–water partition coefficient (Wildman–Crippen LogP) is -2.25. The van der Waals surface area contributed by atoms with Gasteiger partial charge in [0.05, 0.1) is 12.1 Å². The van der Waals surface area contributed by atoms with Crippen molar-refractivity contribution in [3.8, 4) is 0 Å². The first-order chi connectivity index (χ1) is 9.09. The van der Waals surface area contributed by atoms with E-state index in [1.54, 1.807) is 0 Å². The second-order valence-electron chi connectivity index (χ2n) is 4.47. The Morgan fingerprint density at radius 2 is 1.45 bits per heavy atom. The number of primary amides is 1. The van der Waals surface area contributed by atoms with Gasteiger partial charge in [-0.05, 0) is 20.3 Å². The lowest BCUT2D eigenvalue weighted by Gasteiger charge is -2.30. The van der Waals surface area contributed by atoms with E-state index in [0.29, 0.717) is 4.90 Å². The number of hydrogen-bond acceptors (Lipinski definition) is 6. The first-order valence-corrected chi connectivity index (χ1v) is 5.98.